The molecule has 0 atom stereocenters. The van der Waals surface area contributed by atoms with Crippen LogP contribution in [0.1, 0.15) is 22.8 Å². The maximum Gasteiger partial charge on any atom is 0.413 e. The van der Waals surface area contributed by atoms with Gasteiger partial charge in [-0.3, -0.25) is 14.8 Å². The molecule has 1 aromatic carbocycles. The Morgan fingerprint density at radius 2 is 2.00 bits per heavy atom. The average Bonchev–Trinajstić information content (AvgIpc) is 2.79. The number of rotatable bonds is 4. The molecule has 0 aliphatic heterocycles. The lowest BCUT2D eigenvalue weighted by Crippen LogP contribution is -2.17. The Labute approximate surface area is 116 Å². The van der Waals surface area contributed by atoms with Crippen LogP contribution in [0.3, 0.4) is 0 Å². The van der Waals surface area contributed by atoms with Crippen molar-refractivity contribution in [2.75, 3.05) is 5.32 Å². The summed E-state index contributed by atoms with van der Waals surface area (Å²) in [6, 6.07) is 9.34. The number of benzene rings is 1. The topological polar surface area (TPSA) is 73.2 Å². The predicted octanol–water partition coefficient (Wildman–Crippen LogP) is 2.37. The minimum atomic E-state index is -0.625. The number of aryl methyl sites for hydroxylation is 1. The molecule has 0 radical (unpaired) electrons. The van der Waals surface area contributed by atoms with Crippen LogP contribution in [-0.4, -0.2) is 21.7 Å². The van der Waals surface area contributed by atoms with Gasteiger partial charge in [0.1, 0.15) is 12.4 Å². The van der Waals surface area contributed by atoms with Crippen LogP contribution in [-0.2, 0) is 18.4 Å². The van der Waals surface area contributed by atoms with Gasteiger partial charge in [-0.05, 0) is 12.5 Å². The summed E-state index contributed by atoms with van der Waals surface area (Å²) in [6.45, 7) is 1.58. The number of ketones is 1. The lowest BCUT2D eigenvalue weighted by atomic mass is 10.2. The first-order valence-electron chi connectivity index (χ1n) is 6.08. The van der Waals surface area contributed by atoms with E-state index in [1.807, 2.05) is 30.3 Å². The van der Waals surface area contributed by atoms with E-state index in [-0.39, 0.29) is 12.4 Å². The fourth-order valence-electron chi connectivity index (χ4n) is 1.70. The zero-order valence-electron chi connectivity index (χ0n) is 11.3. The van der Waals surface area contributed by atoms with Gasteiger partial charge >= 0.3 is 6.09 Å². The molecule has 0 unspecified atom stereocenters. The smallest absolute Gasteiger partial charge is 0.413 e. The van der Waals surface area contributed by atoms with E-state index in [0.717, 1.165) is 5.56 Å². The van der Waals surface area contributed by atoms with Crippen molar-refractivity contribution in [1.82, 2.24) is 9.78 Å². The van der Waals surface area contributed by atoms with E-state index in [1.165, 1.54) is 17.8 Å². The minimum Gasteiger partial charge on any atom is -0.444 e. The summed E-state index contributed by atoms with van der Waals surface area (Å²) in [7, 11) is 1.64. The Morgan fingerprint density at radius 1 is 1.30 bits per heavy atom. The number of carbonyl (C=O) groups excluding carboxylic acids is 2. The van der Waals surface area contributed by atoms with Crippen LogP contribution in [0.25, 0.3) is 0 Å². The van der Waals surface area contributed by atoms with Crippen molar-refractivity contribution < 1.29 is 14.3 Å². The molecule has 1 heterocycles. The Morgan fingerprint density at radius 3 is 2.65 bits per heavy atom. The second-order valence-electron chi connectivity index (χ2n) is 4.27. The van der Waals surface area contributed by atoms with Crippen LogP contribution in [0.4, 0.5) is 10.6 Å². The molecule has 104 valence electrons. The summed E-state index contributed by atoms with van der Waals surface area (Å²) in [5.41, 5.74) is 1.24. The van der Waals surface area contributed by atoms with Crippen LogP contribution in [0.2, 0.25) is 0 Å². The molecule has 6 nitrogen and oxygen atoms in total. The molecule has 2 aromatic rings. The van der Waals surface area contributed by atoms with E-state index in [4.69, 9.17) is 4.74 Å². The summed E-state index contributed by atoms with van der Waals surface area (Å²) in [6.07, 6.45) is 0.787. The molecule has 0 saturated carbocycles. The number of nitrogens with one attached hydrogen (secondary N) is 1. The highest BCUT2D eigenvalue weighted by atomic mass is 16.5. The van der Waals surface area contributed by atoms with Gasteiger partial charge in [-0.25, -0.2) is 4.79 Å². The van der Waals surface area contributed by atoms with E-state index in [2.05, 4.69) is 10.4 Å². The third kappa shape index (κ3) is 3.23. The van der Waals surface area contributed by atoms with Gasteiger partial charge in [0.25, 0.3) is 0 Å². The number of nitrogens with zero attached hydrogens (tertiary/aromatic N) is 2. The van der Waals surface area contributed by atoms with Crippen LogP contribution >= 0.6 is 0 Å². The van der Waals surface area contributed by atoms with Crippen LogP contribution in [0.15, 0.2) is 36.5 Å². The first-order chi connectivity index (χ1) is 9.58. The molecule has 0 spiro atoms. The number of amides is 1. The first kappa shape index (κ1) is 13.8. The zero-order chi connectivity index (χ0) is 14.5. The van der Waals surface area contributed by atoms with E-state index in [9.17, 15) is 9.59 Å². The molecular formula is C14H15N3O3. The van der Waals surface area contributed by atoms with E-state index in [1.54, 1.807) is 7.05 Å². The van der Waals surface area contributed by atoms with Crippen LogP contribution in [0, 0.1) is 0 Å². The average molecular weight is 273 g/mol. The molecule has 1 amide bonds. The predicted molar refractivity (Wildman–Crippen MR) is 73.5 cm³/mol. The van der Waals surface area contributed by atoms with E-state index >= 15 is 0 Å². The summed E-state index contributed by atoms with van der Waals surface area (Å²) in [4.78, 5) is 23.1. The Bertz CT molecular complexity index is 620. The van der Waals surface area contributed by atoms with Gasteiger partial charge < -0.3 is 4.74 Å². The number of anilines is 1. The molecule has 2 rings (SSSR count). The summed E-state index contributed by atoms with van der Waals surface area (Å²) >= 11 is 0. The monoisotopic (exact) mass is 273 g/mol. The number of carbonyl (C=O) groups is 2. The zero-order valence-corrected chi connectivity index (χ0v) is 11.3. The maximum atomic E-state index is 11.7. The van der Waals surface area contributed by atoms with Gasteiger partial charge in [0.15, 0.2) is 5.78 Å². The second kappa shape index (κ2) is 6.01. The Kier molecular flexibility index (Phi) is 4.14. The van der Waals surface area contributed by atoms with Crippen molar-refractivity contribution in [3.63, 3.8) is 0 Å². The number of hydrogen-bond acceptors (Lipinski definition) is 4. The van der Waals surface area contributed by atoms with Crippen molar-refractivity contribution in [3.05, 3.63) is 47.7 Å². The third-order valence-corrected chi connectivity index (χ3v) is 2.75. The summed E-state index contributed by atoms with van der Waals surface area (Å²) in [5.74, 6) is 0.159. The van der Waals surface area contributed by atoms with Crippen molar-refractivity contribution in [2.45, 2.75) is 13.5 Å². The highest BCUT2D eigenvalue weighted by Crippen LogP contribution is 2.15. The second-order valence-corrected chi connectivity index (χ2v) is 4.27. The summed E-state index contributed by atoms with van der Waals surface area (Å²) in [5, 5.41) is 6.46. The molecule has 0 aliphatic carbocycles. The van der Waals surface area contributed by atoms with Crippen molar-refractivity contribution in [3.8, 4) is 0 Å². The SMILES string of the molecule is CC(=O)c1cnn(C)c1NC(=O)OCc1ccccc1. The maximum absolute atomic E-state index is 11.7. The molecule has 0 fully saturated rings. The quantitative estimate of drug-likeness (QED) is 0.868. The number of Topliss-reactive ketones (excluding diaryl/α,β-unsaturated/α-hetero) is 1. The first-order valence-corrected chi connectivity index (χ1v) is 6.08. The normalized spacial score (nSPS) is 10.1. The molecule has 1 aromatic heterocycles. The van der Waals surface area contributed by atoms with Crippen molar-refractivity contribution in [2.24, 2.45) is 7.05 Å². The lowest BCUT2D eigenvalue weighted by molar-refractivity contribution is 0.101. The largest absolute Gasteiger partial charge is 0.444 e. The van der Waals surface area contributed by atoms with Gasteiger partial charge in [0.05, 0.1) is 11.8 Å². The fourth-order valence-corrected chi connectivity index (χ4v) is 1.70. The van der Waals surface area contributed by atoms with E-state index in [0.29, 0.717) is 11.4 Å². The van der Waals surface area contributed by atoms with Gasteiger partial charge in [-0.1, -0.05) is 30.3 Å². The van der Waals surface area contributed by atoms with Gasteiger partial charge in [-0.15, -0.1) is 0 Å². The Hall–Kier alpha value is -2.63. The van der Waals surface area contributed by atoms with Gasteiger partial charge in [0, 0.05) is 7.05 Å². The number of ether oxygens (including phenoxy) is 1. The van der Waals surface area contributed by atoms with Crippen LogP contribution < -0.4 is 5.32 Å². The number of hydrogen-bond donors (Lipinski definition) is 1. The lowest BCUT2D eigenvalue weighted by Gasteiger charge is -2.08. The van der Waals surface area contributed by atoms with Crippen LogP contribution in [0.5, 0.6) is 0 Å². The summed E-state index contributed by atoms with van der Waals surface area (Å²) < 4.78 is 6.51. The molecule has 1 N–H and O–H groups in total. The molecule has 0 bridgehead atoms. The van der Waals surface area contributed by atoms with Crippen molar-refractivity contribution in [1.29, 1.82) is 0 Å². The number of aromatic nitrogens is 2. The minimum absolute atomic E-state index is 0.167. The van der Waals surface area contributed by atoms with Crippen molar-refractivity contribution >= 4 is 17.7 Å². The third-order valence-electron chi connectivity index (χ3n) is 2.75. The highest BCUT2D eigenvalue weighted by Gasteiger charge is 2.15. The molecule has 0 aliphatic rings. The molecular weight excluding hydrogens is 258 g/mol. The van der Waals surface area contributed by atoms with Gasteiger partial charge in [0.2, 0.25) is 0 Å². The highest BCUT2D eigenvalue weighted by molar-refractivity contribution is 6.01. The molecule has 20 heavy (non-hydrogen) atoms. The molecule has 0 saturated heterocycles. The van der Waals surface area contributed by atoms with E-state index < -0.39 is 6.09 Å². The van der Waals surface area contributed by atoms with Gasteiger partial charge in [-0.2, -0.15) is 5.10 Å². The molecule has 6 heteroatoms. The Balaban J connectivity index is 1.98. The fraction of sp³-hybridized carbons (Fsp3) is 0.214. The standard InChI is InChI=1S/C14H15N3O3/c1-10(18)12-8-15-17(2)13(12)16-14(19)20-9-11-6-4-3-5-7-11/h3-8H,9H2,1-2H3,(H,16,19).